The highest BCUT2D eigenvalue weighted by molar-refractivity contribution is 6.16. The number of guanidine groups is 1. The molecule has 0 spiro atoms. The normalized spacial score (nSPS) is 39.9. The van der Waals surface area contributed by atoms with E-state index in [0.29, 0.717) is 0 Å². The van der Waals surface area contributed by atoms with Gasteiger partial charge in [-0.2, -0.15) is 9.98 Å². The maximum absolute atomic E-state index is 11.7. The number of hydrogen-bond donors (Lipinski definition) is 4. The van der Waals surface area contributed by atoms with Crippen LogP contribution in [0.15, 0.2) is 22.3 Å². The van der Waals surface area contributed by atoms with Crippen LogP contribution in [0.2, 0.25) is 0 Å². The van der Waals surface area contributed by atoms with E-state index < -0.39 is 43.0 Å². The molecule has 0 aromatic heterocycles. The summed E-state index contributed by atoms with van der Waals surface area (Å²) in [4.78, 5) is 20.6. The number of carbonyl (C=O) groups excluding carboxylic acids is 1. The van der Waals surface area contributed by atoms with Crippen molar-refractivity contribution in [3.05, 3.63) is 12.3 Å². The first-order chi connectivity index (χ1) is 9.52. The van der Waals surface area contributed by atoms with Gasteiger partial charge in [-0.25, -0.2) is 0 Å². The lowest BCUT2D eigenvalue weighted by molar-refractivity contribution is -0.118. The van der Waals surface area contributed by atoms with Gasteiger partial charge in [0.15, 0.2) is 6.23 Å². The predicted molar refractivity (Wildman–Crippen MR) is 66.3 cm³/mol. The zero-order valence-electron chi connectivity index (χ0n) is 10.3. The Morgan fingerprint density at radius 1 is 1.35 bits per heavy atom. The molecule has 0 radical (unpaired) electrons. The molecule has 108 valence electrons. The average molecular weight is 282 g/mol. The van der Waals surface area contributed by atoms with Crippen LogP contribution in [0.5, 0.6) is 0 Å². The molecule has 9 heteroatoms. The van der Waals surface area contributed by atoms with Crippen molar-refractivity contribution in [3.8, 4) is 0 Å². The van der Waals surface area contributed by atoms with E-state index in [0.717, 1.165) is 0 Å². The highest BCUT2D eigenvalue weighted by atomic mass is 16.6. The molecular weight excluding hydrogens is 268 g/mol. The first-order valence-electron chi connectivity index (χ1n) is 6.08. The molecule has 1 saturated heterocycles. The van der Waals surface area contributed by atoms with Crippen LogP contribution in [-0.2, 0) is 9.53 Å². The Labute approximate surface area is 113 Å². The van der Waals surface area contributed by atoms with Gasteiger partial charge in [0.2, 0.25) is 5.96 Å². The Hall–Kier alpha value is -1.81. The minimum absolute atomic E-state index is 0.165. The van der Waals surface area contributed by atoms with Crippen LogP contribution < -0.4 is 5.73 Å². The topological polar surface area (TPSA) is 141 Å². The maximum Gasteiger partial charge on any atom is 0.263 e. The lowest BCUT2D eigenvalue weighted by Gasteiger charge is -2.28. The van der Waals surface area contributed by atoms with Gasteiger partial charge in [0, 0.05) is 6.20 Å². The van der Waals surface area contributed by atoms with Crippen molar-refractivity contribution in [1.82, 2.24) is 4.90 Å². The molecule has 20 heavy (non-hydrogen) atoms. The molecule has 0 bridgehead atoms. The fourth-order valence-electron chi connectivity index (χ4n) is 2.47. The third kappa shape index (κ3) is 1.83. The average Bonchev–Trinajstić information content (AvgIpc) is 2.93. The standard InChI is InChI=1S/C11H14N4O5/c12-11-13-8-4(9(19)14-11)1-2-15(8)10-7(18)6(17)5(3-16)20-10/h1-2,4-7,10,16-18H,3H2,(H2,12,14,19). The molecular formula is C11H14N4O5. The van der Waals surface area contributed by atoms with Gasteiger partial charge < -0.3 is 30.7 Å². The van der Waals surface area contributed by atoms with Crippen LogP contribution in [0.25, 0.3) is 0 Å². The van der Waals surface area contributed by atoms with Gasteiger partial charge in [-0.3, -0.25) is 4.79 Å². The van der Waals surface area contributed by atoms with Crippen molar-refractivity contribution >= 4 is 17.7 Å². The first kappa shape index (κ1) is 13.2. The molecule has 0 aromatic carbocycles. The summed E-state index contributed by atoms with van der Waals surface area (Å²) in [7, 11) is 0. The Kier molecular flexibility index (Phi) is 3.05. The predicted octanol–water partition coefficient (Wildman–Crippen LogP) is -2.88. The molecule has 3 aliphatic rings. The summed E-state index contributed by atoms with van der Waals surface area (Å²) < 4.78 is 5.39. The second-order valence-corrected chi connectivity index (χ2v) is 4.73. The van der Waals surface area contributed by atoms with Gasteiger partial charge in [0.1, 0.15) is 30.1 Å². The number of fused-ring (bicyclic) bond motifs is 1. The maximum atomic E-state index is 11.7. The van der Waals surface area contributed by atoms with Gasteiger partial charge in [-0.1, -0.05) is 0 Å². The largest absolute Gasteiger partial charge is 0.394 e. The van der Waals surface area contributed by atoms with Gasteiger partial charge >= 0.3 is 0 Å². The fourth-order valence-corrected chi connectivity index (χ4v) is 2.47. The van der Waals surface area contributed by atoms with Gasteiger partial charge in [0.05, 0.1) is 6.61 Å². The number of amides is 1. The van der Waals surface area contributed by atoms with E-state index in [2.05, 4.69) is 9.98 Å². The number of aliphatic imine (C=N–C) groups is 2. The number of nitrogens with two attached hydrogens (primary N) is 1. The lowest BCUT2D eigenvalue weighted by atomic mass is 10.1. The van der Waals surface area contributed by atoms with E-state index in [1.54, 1.807) is 6.08 Å². The Morgan fingerprint density at radius 3 is 2.75 bits per heavy atom. The molecule has 0 aliphatic carbocycles. The number of aliphatic hydroxyl groups is 3. The second kappa shape index (κ2) is 4.63. The molecule has 5 unspecified atom stereocenters. The number of rotatable bonds is 2. The van der Waals surface area contributed by atoms with Crippen molar-refractivity contribution < 1.29 is 24.9 Å². The van der Waals surface area contributed by atoms with Crippen molar-refractivity contribution in [3.63, 3.8) is 0 Å². The molecule has 3 aliphatic heterocycles. The molecule has 5 N–H and O–H groups in total. The Morgan fingerprint density at radius 2 is 2.10 bits per heavy atom. The second-order valence-electron chi connectivity index (χ2n) is 4.73. The van der Waals surface area contributed by atoms with E-state index >= 15 is 0 Å². The summed E-state index contributed by atoms with van der Waals surface area (Å²) in [5.74, 6) is -0.986. The van der Waals surface area contributed by atoms with Crippen LogP contribution in [0.1, 0.15) is 0 Å². The van der Waals surface area contributed by atoms with Crippen molar-refractivity contribution in [2.24, 2.45) is 21.6 Å². The summed E-state index contributed by atoms with van der Waals surface area (Å²) in [6, 6.07) is 0. The number of aliphatic hydroxyl groups excluding tert-OH is 3. The third-order valence-corrected chi connectivity index (χ3v) is 3.49. The quantitative estimate of drug-likeness (QED) is 0.426. The van der Waals surface area contributed by atoms with Crippen LogP contribution in [0.4, 0.5) is 0 Å². The molecule has 5 atom stereocenters. The van der Waals surface area contributed by atoms with E-state index in [9.17, 15) is 15.0 Å². The summed E-state index contributed by atoms with van der Waals surface area (Å²) in [6.07, 6.45) is -1.21. The van der Waals surface area contributed by atoms with E-state index in [1.165, 1.54) is 11.1 Å². The molecule has 9 nitrogen and oxygen atoms in total. The highest BCUT2D eigenvalue weighted by Gasteiger charge is 2.48. The van der Waals surface area contributed by atoms with E-state index in [-0.39, 0.29) is 11.8 Å². The molecule has 1 fully saturated rings. The van der Waals surface area contributed by atoms with E-state index in [1.807, 2.05) is 0 Å². The Bertz CT molecular complexity index is 531. The Balaban J connectivity index is 1.87. The number of carbonyl (C=O) groups is 1. The summed E-state index contributed by atoms with van der Waals surface area (Å²) in [6.45, 7) is -0.426. The smallest absolute Gasteiger partial charge is 0.263 e. The number of hydrogen-bond acceptors (Lipinski definition) is 8. The number of nitrogens with zero attached hydrogens (tertiary/aromatic N) is 3. The molecule has 1 amide bonds. The first-order valence-corrected chi connectivity index (χ1v) is 6.08. The van der Waals surface area contributed by atoms with Gasteiger partial charge in [-0.15, -0.1) is 0 Å². The molecule has 0 aromatic rings. The zero-order valence-corrected chi connectivity index (χ0v) is 10.3. The lowest BCUT2D eigenvalue weighted by Crippen LogP contribution is -2.46. The SMILES string of the molecule is NC1=NC(=O)C2C=CN(C3OC(CO)C(O)C3O)C2=N1. The summed E-state index contributed by atoms with van der Waals surface area (Å²) in [5.41, 5.74) is 5.45. The van der Waals surface area contributed by atoms with Crippen molar-refractivity contribution in [1.29, 1.82) is 0 Å². The number of amidine groups is 1. The number of ether oxygens (including phenoxy) is 1. The fraction of sp³-hybridized carbons (Fsp3) is 0.545. The van der Waals surface area contributed by atoms with Crippen LogP contribution in [0.3, 0.4) is 0 Å². The third-order valence-electron chi connectivity index (χ3n) is 3.49. The monoisotopic (exact) mass is 282 g/mol. The molecule has 3 heterocycles. The minimum atomic E-state index is -1.24. The molecule has 3 rings (SSSR count). The summed E-state index contributed by atoms with van der Waals surface area (Å²) >= 11 is 0. The van der Waals surface area contributed by atoms with E-state index in [4.69, 9.17) is 15.6 Å². The van der Waals surface area contributed by atoms with Gasteiger partial charge in [-0.05, 0) is 6.08 Å². The van der Waals surface area contributed by atoms with Crippen LogP contribution in [-0.4, -0.2) is 69.1 Å². The van der Waals surface area contributed by atoms with Crippen molar-refractivity contribution in [2.45, 2.75) is 24.5 Å². The van der Waals surface area contributed by atoms with Crippen molar-refractivity contribution in [2.75, 3.05) is 6.61 Å². The van der Waals surface area contributed by atoms with Gasteiger partial charge in [0.25, 0.3) is 5.91 Å². The summed E-state index contributed by atoms with van der Waals surface area (Å²) in [5, 5.41) is 28.8. The minimum Gasteiger partial charge on any atom is -0.394 e. The zero-order chi connectivity index (χ0) is 14.4. The van der Waals surface area contributed by atoms with Crippen LogP contribution in [0, 0.1) is 5.92 Å². The van der Waals surface area contributed by atoms with Crippen LogP contribution >= 0.6 is 0 Å². The highest BCUT2D eigenvalue weighted by Crippen LogP contribution is 2.30. The molecule has 0 saturated carbocycles.